The summed E-state index contributed by atoms with van der Waals surface area (Å²) in [6, 6.07) is 2.02. The van der Waals surface area contributed by atoms with Gasteiger partial charge in [0.25, 0.3) is 5.91 Å². The molecule has 2 aromatic rings. The van der Waals surface area contributed by atoms with Crippen LogP contribution in [-0.2, 0) is 7.05 Å². The van der Waals surface area contributed by atoms with Crippen molar-refractivity contribution in [3.63, 3.8) is 0 Å². The van der Waals surface area contributed by atoms with E-state index in [9.17, 15) is 4.79 Å². The fourth-order valence-electron chi connectivity index (χ4n) is 3.90. The van der Waals surface area contributed by atoms with E-state index in [2.05, 4.69) is 20.0 Å². The smallest absolute Gasteiger partial charge is 0.260 e. The van der Waals surface area contributed by atoms with Crippen molar-refractivity contribution in [1.82, 2.24) is 24.6 Å². The fraction of sp³-hybridized carbons (Fsp3) is 0.529. The number of hydrogen-bond acceptors (Lipinski definition) is 6. The van der Waals surface area contributed by atoms with Crippen molar-refractivity contribution in [3.8, 4) is 5.88 Å². The third-order valence-electron chi connectivity index (χ3n) is 5.11. The van der Waals surface area contributed by atoms with Gasteiger partial charge in [-0.1, -0.05) is 0 Å². The lowest BCUT2D eigenvalue weighted by molar-refractivity contribution is 0.0779. The molecule has 1 amide bonds. The Hall–Kier alpha value is -2.64. The number of amides is 1. The second-order valence-corrected chi connectivity index (χ2v) is 6.88. The lowest BCUT2D eigenvalue weighted by Crippen LogP contribution is -2.33. The third-order valence-corrected chi connectivity index (χ3v) is 5.11. The quantitative estimate of drug-likeness (QED) is 0.819. The van der Waals surface area contributed by atoms with Crippen LogP contribution >= 0.6 is 0 Å². The first-order chi connectivity index (χ1) is 12.0. The number of nitrogens with zero attached hydrogens (tertiary/aromatic N) is 6. The fourth-order valence-corrected chi connectivity index (χ4v) is 3.90. The predicted molar refractivity (Wildman–Crippen MR) is 91.6 cm³/mol. The van der Waals surface area contributed by atoms with E-state index in [1.54, 1.807) is 31.4 Å². The summed E-state index contributed by atoms with van der Waals surface area (Å²) in [4.78, 5) is 25.6. The maximum Gasteiger partial charge on any atom is 0.260 e. The van der Waals surface area contributed by atoms with Crippen LogP contribution in [0.2, 0.25) is 0 Å². The van der Waals surface area contributed by atoms with Crippen LogP contribution in [0.15, 0.2) is 18.6 Å². The molecule has 0 bridgehead atoms. The molecule has 8 nitrogen and oxygen atoms in total. The Morgan fingerprint density at radius 1 is 1.20 bits per heavy atom. The monoisotopic (exact) mass is 342 g/mol. The number of fused-ring (bicyclic) bond motifs is 1. The van der Waals surface area contributed by atoms with Gasteiger partial charge in [0, 0.05) is 63.0 Å². The molecule has 25 heavy (non-hydrogen) atoms. The van der Waals surface area contributed by atoms with Crippen molar-refractivity contribution in [2.45, 2.75) is 6.92 Å². The van der Waals surface area contributed by atoms with E-state index in [0.29, 0.717) is 23.3 Å². The molecule has 2 aliphatic heterocycles. The van der Waals surface area contributed by atoms with E-state index in [1.165, 1.54) is 0 Å². The van der Waals surface area contributed by atoms with Gasteiger partial charge >= 0.3 is 0 Å². The van der Waals surface area contributed by atoms with Crippen LogP contribution in [-0.4, -0.2) is 63.8 Å². The van der Waals surface area contributed by atoms with Gasteiger partial charge in [-0.15, -0.1) is 5.10 Å². The van der Waals surface area contributed by atoms with E-state index < -0.39 is 0 Å². The first kappa shape index (κ1) is 15.9. The number of likely N-dealkylation sites (tertiary alicyclic amines) is 1. The van der Waals surface area contributed by atoms with E-state index in [0.717, 1.165) is 37.7 Å². The van der Waals surface area contributed by atoms with Crippen molar-refractivity contribution in [3.05, 3.63) is 29.8 Å². The normalized spacial score (nSPS) is 22.4. The highest BCUT2D eigenvalue weighted by atomic mass is 16.5. The van der Waals surface area contributed by atoms with Crippen molar-refractivity contribution in [1.29, 1.82) is 0 Å². The summed E-state index contributed by atoms with van der Waals surface area (Å²) in [6.07, 6.45) is 3.34. The third kappa shape index (κ3) is 2.81. The number of hydrogen-bond donors (Lipinski definition) is 0. The zero-order valence-corrected chi connectivity index (χ0v) is 14.7. The number of ether oxygens (including phenoxy) is 1. The van der Waals surface area contributed by atoms with Gasteiger partial charge in [0.05, 0.1) is 7.11 Å². The summed E-state index contributed by atoms with van der Waals surface area (Å²) in [5.41, 5.74) is 1.51. The molecule has 2 atom stereocenters. The Morgan fingerprint density at radius 2 is 1.92 bits per heavy atom. The standard InChI is InChI=1S/C17H22N6O2/c1-11-4-15(19-10-18-11)22-5-12-7-23(8-13(12)6-22)17(24)14-9-21(2)20-16(14)25-3/h4,9-10,12-13H,5-8H2,1-3H3. The lowest BCUT2D eigenvalue weighted by atomic mass is 10.0. The molecular formula is C17H22N6O2. The first-order valence-corrected chi connectivity index (χ1v) is 8.45. The molecule has 4 rings (SSSR count). The molecule has 0 aromatic carbocycles. The van der Waals surface area contributed by atoms with Crippen LogP contribution in [0.25, 0.3) is 0 Å². The summed E-state index contributed by atoms with van der Waals surface area (Å²) in [6.45, 7) is 5.36. The molecular weight excluding hydrogens is 320 g/mol. The van der Waals surface area contributed by atoms with Gasteiger partial charge in [0.15, 0.2) is 0 Å². The second kappa shape index (κ2) is 6.02. The van der Waals surface area contributed by atoms with Gasteiger partial charge in [-0.25, -0.2) is 9.97 Å². The highest BCUT2D eigenvalue weighted by molar-refractivity contribution is 5.96. The minimum atomic E-state index is 0.00350. The Kier molecular flexibility index (Phi) is 3.82. The highest BCUT2D eigenvalue weighted by Gasteiger charge is 2.42. The molecule has 132 valence electrons. The average molecular weight is 342 g/mol. The molecule has 0 spiro atoms. The van der Waals surface area contributed by atoms with E-state index in [4.69, 9.17) is 4.74 Å². The predicted octanol–water partition coefficient (Wildman–Crippen LogP) is 0.736. The van der Waals surface area contributed by atoms with Gasteiger partial charge < -0.3 is 14.5 Å². The number of rotatable bonds is 3. The number of methoxy groups -OCH3 is 1. The van der Waals surface area contributed by atoms with Crippen LogP contribution in [0.5, 0.6) is 5.88 Å². The largest absolute Gasteiger partial charge is 0.479 e. The Balaban J connectivity index is 1.45. The van der Waals surface area contributed by atoms with Crippen molar-refractivity contribution < 1.29 is 9.53 Å². The lowest BCUT2D eigenvalue weighted by Gasteiger charge is -2.22. The Labute approximate surface area is 146 Å². The van der Waals surface area contributed by atoms with Gasteiger partial charge in [-0.05, 0) is 6.92 Å². The molecule has 0 aliphatic carbocycles. The van der Waals surface area contributed by atoms with Crippen LogP contribution in [0.4, 0.5) is 5.82 Å². The molecule has 4 heterocycles. The molecule has 0 radical (unpaired) electrons. The molecule has 2 aromatic heterocycles. The highest BCUT2D eigenvalue weighted by Crippen LogP contribution is 2.34. The summed E-state index contributed by atoms with van der Waals surface area (Å²) in [7, 11) is 3.33. The summed E-state index contributed by atoms with van der Waals surface area (Å²) >= 11 is 0. The van der Waals surface area contributed by atoms with Crippen LogP contribution in [0.3, 0.4) is 0 Å². The minimum Gasteiger partial charge on any atom is -0.479 e. The van der Waals surface area contributed by atoms with E-state index in [1.807, 2.05) is 17.9 Å². The maximum atomic E-state index is 12.8. The van der Waals surface area contributed by atoms with Gasteiger partial charge in [0.2, 0.25) is 5.88 Å². The molecule has 2 fully saturated rings. The zero-order valence-electron chi connectivity index (χ0n) is 14.7. The summed E-state index contributed by atoms with van der Waals surface area (Å²) < 4.78 is 6.84. The molecule has 0 N–H and O–H groups in total. The van der Waals surface area contributed by atoms with Crippen LogP contribution in [0, 0.1) is 18.8 Å². The number of anilines is 1. The SMILES string of the molecule is COc1nn(C)cc1C(=O)N1CC2CN(c3cc(C)ncn3)CC2C1. The van der Waals surface area contributed by atoms with Crippen LogP contribution < -0.4 is 9.64 Å². The molecule has 2 aliphatic rings. The topological polar surface area (TPSA) is 76.4 Å². The van der Waals surface area contributed by atoms with E-state index in [-0.39, 0.29) is 5.91 Å². The van der Waals surface area contributed by atoms with Crippen LogP contribution in [0.1, 0.15) is 16.1 Å². The minimum absolute atomic E-state index is 0.00350. The molecule has 2 saturated heterocycles. The Bertz CT molecular complexity index is 790. The van der Waals surface area contributed by atoms with Gasteiger partial charge in [-0.2, -0.15) is 0 Å². The zero-order chi connectivity index (χ0) is 17.6. The Morgan fingerprint density at radius 3 is 2.56 bits per heavy atom. The van der Waals surface area contributed by atoms with Gasteiger partial charge in [-0.3, -0.25) is 9.48 Å². The maximum absolute atomic E-state index is 12.8. The van der Waals surface area contributed by atoms with E-state index >= 15 is 0 Å². The number of carbonyl (C=O) groups is 1. The second-order valence-electron chi connectivity index (χ2n) is 6.88. The van der Waals surface area contributed by atoms with Crippen molar-refractivity contribution in [2.75, 3.05) is 38.2 Å². The first-order valence-electron chi connectivity index (χ1n) is 8.45. The summed E-state index contributed by atoms with van der Waals surface area (Å²) in [5.74, 6) is 2.32. The molecule has 0 saturated carbocycles. The van der Waals surface area contributed by atoms with Crippen molar-refractivity contribution >= 4 is 11.7 Å². The summed E-state index contributed by atoms with van der Waals surface area (Å²) in [5, 5.41) is 4.18. The average Bonchev–Trinajstić information content (AvgIpc) is 3.26. The molecule has 2 unspecified atom stereocenters. The number of aryl methyl sites for hydroxylation is 2. The molecule has 8 heteroatoms. The van der Waals surface area contributed by atoms with Gasteiger partial charge in [0.1, 0.15) is 17.7 Å². The number of aromatic nitrogens is 4. The van der Waals surface area contributed by atoms with Crippen molar-refractivity contribution in [2.24, 2.45) is 18.9 Å². The number of carbonyl (C=O) groups excluding carboxylic acids is 1.